The van der Waals surface area contributed by atoms with Crippen molar-refractivity contribution in [3.63, 3.8) is 0 Å². The van der Waals surface area contributed by atoms with Crippen molar-refractivity contribution in [1.29, 1.82) is 0 Å². The molecule has 1 aliphatic rings. The molecule has 1 aromatic carbocycles. The summed E-state index contributed by atoms with van der Waals surface area (Å²) >= 11 is 0. The Bertz CT molecular complexity index is 434. The van der Waals surface area contributed by atoms with Crippen LogP contribution < -0.4 is 10.2 Å². The molecule has 0 radical (unpaired) electrons. The first kappa shape index (κ1) is 14.1. The predicted molar refractivity (Wildman–Crippen MR) is 78.6 cm³/mol. The summed E-state index contributed by atoms with van der Waals surface area (Å²) < 4.78 is 0. The molecule has 1 saturated heterocycles. The Labute approximate surface area is 116 Å². The van der Waals surface area contributed by atoms with Crippen LogP contribution in [0.25, 0.3) is 0 Å². The summed E-state index contributed by atoms with van der Waals surface area (Å²) in [6.45, 7) is 7.04. The fourth-order valence-electron chi connectivity index (χ4n) is 2.66. The van der Waals surface area contributed by atoms with Crippen LogP contribution in [-0.4, -0.2) is 25.5 Å². The second kappa shape index (κ2) is 6.71. The molecular weight excluding hydrogens is 236 g/mol. The minimum absolute atomic E-state index is 0.139. The van der Waals surface area contributed by atoms with E-state index in [1.54, 1.807) is 0 Å². The van der Waals surface area contributed by atoms with Crippen LogP contribution >= 0.6 is 0 Å². The quantitative estimate of drug-likeness (QED) is 0.853. The van der Waals surface area contributed by atoms with Gasteiger partial charge in [-0.25, -0.2) is 0 Å². The molecule has 1 fully saturated rings. The fraction of sp³-hybridized carbons (Fsp3) is 0.562. The van der Waals surface area contributed by atoms with Crippen molar-refractivity contribution in [3.8, 4) is 0 Å². The number of hydrogen-bond donors (Lipinski definition) is 2. The van der Waals surface area contributed by atoms with Gasteiger partial charge in [0.25, 0.3) is 5.91 Å². The fourth-order valence-corrected chi connectivity index (χ4v) is 2.66. The van der Waals surface area contributed by atoms with Gasteiger partial charge < -0.3 is 10.2 Å². The van der Waals surface area contributed by atoms with Crippen LogP contribution in [0.5, 0.6) is 0 Å². The standard InChI is InChI=1S/C16H24N2O/c1-13-7-8-15(11-14(13)2)17-16(19)12-18-9-5-3-4-6-10-18/h7-8,11H,3-6,9-10,12H2,1-2H3,(H,17,19)/p+1. The third kappa shape index (κ3) is 4.35. The average molecular weight is 261 g/mol. The highest BCUT2D eigenvalue weighted by molar-refractivity contribution is 5.91. The molecule has 3 heteroatoms. The molecule has 1 amide bonds. The van der Waals surface area contributed by atoms with Gasteiger partial charge in [-0.15, -0.1) is 0 Å². The van der Waals surface area contributed by atoms with Crippen LogP contribution in [0.3, 0.4) is 0 Å². The number of rotatable bonds is 3. The smallest absolute Gasteiger partial charge is 0.279 e. The lowest BCUT2D eigenvalue weighted by Crippen LogP contribution is -3.12. The molecule has 0 atom stereocenters. The normalized spacial score (nSPS) is 16.9. The Morgan fingerprint density at radius 1 is 1.11 bits per heavy atom. The van der Waals surface area contributed by atoms with E-state index in [0.29, 0.717) is 6.54 Å². The van der Waals surface area contributed by atoms with Crippen molar-refractivity contribution in [1.82, 2.24) is 0 Å². The summed E-state index contributed by atoms with van der Waals surface area (Å²) in [5, 5.41) is 3.02. The van der Waals surface area contributed by atoms with Crippen molar-refractivity contribution in [2.45, 2.75) is 39.5 Å². The molecule has 19 heavy (non-hydrogen) atoms. The molecule has 0 bridgehead atoms. The van der Waals surface area contributed by atoms with Crippen molar-refractivity contribution in [3.05, 3.63) is 29.3 Å². The Morgan fingerprint density at radius 2 is 1.79 bits per heavy atom. The second-order valence-electron chi connectivity index (χ2n) is 5.69. The van der Waals surface area contributed by atoms with E-state index in [2.05, 4.69) is 25.2 Å². The summed E-state index contributed by atoms with van der Waals surface area (Å²) in [7, 11) is 0. The Kier molecular flexibility index (Phi) is 4.97. The lowest BCUT2D eigenvalue weighted by Gasteiger charge is -2.16. The van der Waals surface area contributed by atoms with Crippen molar-refractivity contribution in [2.75, 3.05) is 25.0 Å². The number of carbonyl (C=O) groups is 1. The summed E-state index contributed by atoms with van der Waals surface area (Å²) in [6, 6.07) is 6.09. The number of benzene rings is 1. The van der Waals surface area contributed by atoms with Crippen LogP contribution in [0.2, 0.25) is 0 Å². The molecule has 0 aliphatic carbocycles. The molecule has 1 aromatic rings. The third-order valence-corrected chi connectivity index (χ3v) is 4.01. The first-order chi connectivity index (χ1) is 9.15. The number of amides is 1. The number of nitrogens with one attached hydrogen (secondary N) is 2. The maximum absolute atomic E-state index is 12.1. The van der Waals surface area contributed by atoms with Gasteiger partial charge in [-0.1, -0.05) is 6.07 Å². The van der Waals surface area contributed by atoms with Gasteiger partial charge >= 0.3 is 0 Å². The second-order valence-corrected chi connectivity index (χ2v) is 5.69. The van der Waals surface area contributed by atoms with Crippen molar-refractivity contribution >= 4 is 11.6 Å². The zero-order valence-electron chi connectivity index (χ0n) is 12.1. The van der Waals surface area contributed by atoms with Gasteiger partial charge in [-0.05, 0) is 62.8 Å². The maximum Gasteiger partial charge on any atom is 0.279 e. The molecule has 3 nitrogen and oxygen atoms in total. The van der Waals surface area contributed by atoms with Crippen LogP contribution in [0.4, 0.5) is 5.69 Å². The van der Waals surface area contributed by atoms with Crippen LogP contribution in [0.15, 0.2) is 18.2 Å². The van der Waals surface area contributed by atoms with E-state index in [4.69, 9.17) is 0 Å². The van der Waals surface area contributed by atoms with Gasteiger partial charge in [0.2, 0.25) is 0 Å². The Morgan fingerprint density at radius 3 is 2.42 bits per heavy atom. The predicted octanol–water partition coefficient (Wildman–Crippen LogP) is 1.70. The first-order valence-electron chi connectivity index (χ1n) is 7.36. The van der Waals surface area contributed by atoms with Gasteiger partial charge in [0.15, 0.2) is 6.54 Å². The Balaban J connectivity index is 1.87. The van der Waals surface area contributed by atoms with Gasteiger partial charge in [0.1, 0.15) is 0 Å². The summed E-state index contributed by atoms with van der Waals surface area (Å²) in [4.78, 5) is 13.5. The van der Waals surface area contributed by atoms with E-state index in [1.807, 2.05) is 12.1 Å². The minimum atomic E-state index is 0.139. The molecule has 1 heterocycles. The van der Waals surface area contributed by atoms with Gasteiger partial charge in [-0.3, -0.25) is 4.79 Å². The number of likely N-dealkylation sites (tertiary alicyclic amines) is 1. The zero-order chi connectivity index (χ0) is 13.7. The van der Waals surface area contributed by atoms with Crippen LogP contribution in [0.1, 0.15) is 36.8 Å². The molecule has 1 aliphatic heterocycles. The van der Waals surface area contributed by atoms with Crippen molar-refractivity contribution in [2.24, 2.45) is 0 Å². The largest absolute Gasteiger partial charge is 0.327 e. The van der Waals surface area contributed by atoms with Crippen molar-refractivity contribution < 1.29 is 9.69 Å². The highest BCUT2D eigenvalue weighted by Gasteiger charge is 2.16. The lowest BCUT2D eigenvalue weighted by atomic mass is 10.1. The summed E-state index contributed by atoms with van der Waals surface area (Å²) in [5.74, 6) is 0.139. The summed E-state index contributed by atoms with van der Waals surface area (Å²) in [5.41, 5.74) is 3.40. The number of hydrogen-bond acceptors (Lipinski definition) is 1. The molecule has 0 spiro atoms. The highest BCUT2D eigenvalue weighted by atomic mass is 16.2. The first-order valence-corrected chi connectivity index (χ1v) is 7.36. The number of carbonyl (C=O) groups excluding carboxylic acids is 1. The topological polar surface area (TPSA) is 33.5 Å². The minimum Gasteiger partial charge on any atom is -0.327 e. The highest BCUT2D eigenvalue weighted by Crippen LogP contribution is 2.13. The van der Waals surface area contributed by atoms with Gasteiger partial charge in [0, 0.05) is 5.69 Å². The molecule has 104 valence electrons. The number of aryl methyl sites for hydroxylation is 2. The monoisotopic (exact) mass is 261 g/mol. The molecule has 0 unspecified atom stereocenters. The van der Waals surface area contributed by atoms with Gasteiger partial charge in [0.05, 0.1) is 13.1 Å². The SMILES string of the molecule is Cc1ccc(NC(=O)C[NH+]2CCCCCC2)cc1C. The molecule has 2 rings (SSSR count). The molecule has 2 N–H and O–H groups in total. The van der Waals surface area contributed by atoms with Crippen LogP contribution in [0, 0.1) is 13.8 Å². The zero-order valence-corrected chi connectivity index (χ0v) is 12.1. The van der Waals surface area contributed by atoms with E-state index < -0.39 is 0 Å². The van der Waals surface area contributed by atoms with E-state index in [1.165, 1.54) is 41.7 Å². The number of quaternary nitrogens is 1. The Hall–Kier alpha value is -1.35. The average Bonchev–Trinajstić information content (AvgIpc) is 2.62. The van der Waals surface area contributed by atoms with E-state index in [9.17, 15) is 4.79 Å². The van der Waals surface area contributed by atoms with Crippen LogP contribution in [-0.2, 0) is 4.79 Å². The molecule has 0 aromatic heterocycles. The maximum atomic E-state index is 12.1. The number of anilines is 1. The third-order valence-electron chi connectivity index (χ3n) is 4.01. The molecular formula is C16H25N2O+. The molecule has 0 saturated carbocycles. The summed E-state index contributed by atoms with van der Waals surface area (Å²) in [6.07, 6.45) is 5.16. The van der Waals surface area contributed by atoms with Gasteiger partial charge in [-0.2, -0.15) is 0 Å². The van der Waals surface area contributed by atoms with E-state index >= 15 is 0 Å². The van der Waals surface area contributed by atoms with E-state index in [0.717, 1.165) is 18.8 Å². The lowest BCUT2D eigenvalue weighted by molar-refractivity contribution is -0.890. The van der Waals surface area contributed by atoms with E-state index in [-0.39, 0.29) is 5.91 Å².